The molecule has 0 aromatic heterocycles. The van der Waals surface area contributed by atoms with Gasteiger partial charge in [0.25, 0.3) is 5.91 Å². The summed E-state index contributed by atoms with van der Waals surface area (Å²) in [5.41, 5.74) is 0.694. The second kappa shape index (κ2) is 9.99. The number of anilines is 1. The van der Waals surface area contributed by atoms with Crippen LogP contribution in [0.4, 0.5) is 18.9 Å². The number of hydrogen-bond donors (Lipinski definition) is 1. The van der Waals surface area contributed by atoms with Crippen molar-refractivity contribution in [3.63, 3.8) is 0 Å². The Bertz CT molecular complexity index is 1140. The number of benzene rings is 3. The minimum absolute atomic E-state index is 0.000319. The van der Waals surface area contributed by atoms with Crippen molar-refractivity contribution in [3.05, 3.63) is 95.6 Å². The van der Waals surface area contributed by atoms with Gasteiger partial charge in [0, 0.05) is 16.8 Å². The molecule has 3 rings (SSSR count). The van der Waals surface area contributed by atoms with Crippen LogP contribution in [0.3, 0.4) is 0 Å². The largest absolute Gasteiger partial charge is 0.573 e. The number of carbonyl (C=O) groups is 3. The maximum absolute atomic E-state index is 12.8. The van der Waals surface area contributed by atoms with Crippen molar-refractivity contribution in [3.8, 4) is 5.75 Å². The van der Waals surface area contributed by atoms with E-state index in [1.807, 2.05) is 0 Å². The molecule has 1 amide bonds. The second-order valence-electron chi connectivity index (χ2n) is 6.85. The summed E-state index contributed by atoms with van der Waals surface area (Å²) in [7, 11) is 0. The van der Waals surface area contributed by atoms with Gasteiger partial charge in [-0.3, -0.25) is 9.59 Å². The molecular weight excluding hydrogens is 439 g/mol. The van der Waals surface area contributed by atoms with E-state index in [9.17, 15) is 27.6 Å². The zero-order chi connectivity index (χ0) is 24.0. The first kappa shape index (κ1) is 23.5. The average molecular weight is 457 g/mol. The molecule has 3 aromatic rings. The first-order valence-electron chi connectivity index (χ1n) is 9.70. The summed E-state index contributed by atoms with van der Waals surface area (Å²) < 4.78 is 45.7. The normalized spacial score (nSPS) is 11.9. The predicted octanol–water partition coefficient (Wildman–Crippen LogP) is 5.00. The van der Waals surface area contributed by atoms with E-state index in [1.165, 1.54) is 31.2 Å². The lowest BCUT2D eigenvalue weighted by Crippen LogP contribution is -2.30. The topological polar surface area (TPSA) is 81.7 Å². The van der Waals surface area contributed by atoms with Crippen LogP contribution in [0, 0.1) is 0 Å². The van der Waals surface area contributed by atoms with Crippen LogP contribution in [0.25, 0.3) is 0 Å². The minimum Gasteiger partial charge on any atom is -0.449 e. The zero-order valence-electron chi connectivity index (χ0n) is 17.3. The van der Waals surface area contributed by atoms with E-state index < -0.39 is 30.1 Å². The van der Waals surface area contributed by atoms with Gasteiger partial charge in [-0.25, -0.2) is 4.79 Å². The lowest BCUT2D eigenvalue weighted by molar-refractivity contribution is -0.274. The van der Waals surface area contributed by atoms with Crippen molar-refractivity contribution in [2.75, 3.05) is 5.32 Å². The Morgan fingerprint density at radius 2 is 1.39 bits per heavy atom. The molecule has 0 spiro atoms. The number of nitrogens with one attached hydrogen (secondary N) is 1. The molecule has 1 N–H and O–H groups in total. The highest BCUT2D eigenvalue weighted by Gasteiger charge is 2.31. The molecule has 0 heterocycles. The van der Waals surface area contributed by atoms with E-state index in [1.54, 1.807) is 42.5 Å². The molecule has 0 saturated carbocycles. The van der Waals surface area contributed by atoms with Crippen molar-refractivity contribution in [1.82, 2.24) is 0 Å². The van der Waals surface area contributed by atoms with Gasteiger partial charge >= 0.3 is 12.3 Å². The Hall–Kier alpha value is -4.14. The SMILES string of the molecule is CC(OC(=O)c1ccccc1C(=O)c1ccccc1)C(=O)Nc1ccc(OC(F)(F)F)cc1. The van der Waals surface area contributed by atoms with Crippen LogP contribution in [0.15, 0.2) is 78.9 Å². The highest BCUT2D eigenvalue weighted by Crippen LogP contribution is 2.24. The molecule has 170 valence electrons. The molecule has 0 bridgehead atoms. The lowest BCUT2D eigenvalue weighted by Gasteiger charge is -2.15. The minimum atomic E-state index is -4.83. The summed E-state index contributed by atoms with van der Waals surface area (Å²) in [6.45, 7) is 1.33. The fourth-order valence-electron chi connectivity index (χ4n) is 2.87. The van der Waals surface area contributed by atoms with Crippen molar-refractivity contribution in [2.24, 2.45) is 0 Å². The monoisotopic (exact) mass is 457 g/mol. The number of rotatable bonds is 7. The zero-order valence-corrected chi connectivity index (χ0v) is 17.3. The number of carbonyl (C=O) groups excluding carboxylic acids is 3. The number of esters is 1. The number of ketones is 1. The lowest BCUT2D eigenvalue weighted by atomic mass is 9.98. The summed E-state index contributed by atoms with van der Waals surface area (Å²) in [5.74, 6) is -2.40. The molecular formula is C24H18F3NO5. The molecule has 0 fully saturated rings. The molecule has 1 atom stereocenters. The highest BCUT2D eigenvalue weighted by molar-refractivity contribution is 6.14. The average Bonchev–Trinajstić information content (AvgIpc) is 2.79. The van der Waals surface area contributed by atoms with Crippen LogP contribution in [0.1, 0.15) is 33.2 Å². The van der Waals surface area contributed by atoms with E-state index in [4.69, 9.17) is 4.74 Å². The van der Waals surface area contributed by atoms with Crippen LogP contribution in [0.5, 0.6) is 5.75 Å². The quantitative estimate of drug-likeness (QED) is 0.399. The number of alkyl halides is 3. The van der Waals surface area contributed by atoms with Crippen molar-refractivity contribution in [2.45, 2.75) is 19.4 Å². The third-order valence-corrected chi connectivity index (χ3v) is 4.44. The molecule has 0 aliphatic carbocycles. The van der Waals surface area contributed by atoms with Crippen LogP contribution in [0.2, 0.25) is 0 Å². The van der Waals surface area contributed by atoms with Crippen LogP contribution in [-0.2, 0) is 9.53 Å². The standard InChI is InChI=1S/C24H18F3NO5/c1-15(22(30)28-17-11-13-18(14-12-17)33-24(25,26)27)32-23(31)20-10-6-5-9-19(20)21(29)16-7-3-2-4-8-16/h2-15H,1H3,(H,28,30). The van der Waals surface area contributed by atoms with Gasteiger partial charge in [-0.05, 0) is 37.3 Å². The van der Waals surface area contributed by atoms with Crippen molar-refractivity contribution >= 4 is 23.3 Å². The Morgan fingerprint density at radius 3 is 2.00 bits per heavy atom. The number of amides is 1. The molecule has 3 aromatic carbocycles. The van der Waals surface area contributed by atoms with Gasteiger partial charge in [0.1, 0.15) is 5.75 Å². The van der Waals surface area contributed by atoms with Gasteiger partial charge in [0.2, 0.25) is 0 Å². The van der Waals surface area contributed by atoms with Gasteiger partial charge in [-0.2, -0.15) is 0 Å². The molecule has 6 nitrogen and oxygen atoms in total. The molecule has 9 heteroatoms. The van der Waals surface area contributed by atoms with E-state index in [0.29, 0.717) is 5.56 Å². The summed E-state index contributed by atoms with van der Waals surface area (Å²) in [5, 5.41) is 2.43. The third kappa shape index (κ3) is 6.42. The Balaban J connectivity index is 1.66. The van der Waals surface area contributed by atoms with Gasteiger partial charge in [0.05, 0.1) is 5.56 Å². The maximum atomic E-state index is 12.8. The predicted molar refractivity (Wildman–Crippen MR) is 113 cm³/mol. The van der Waals surface area contributed by atoms with E-state index in [0.717, 1.165) is 12.1 Å². The number of hydrogen-bond acceptors (Lipinski definition) is 5. The van der Waals surface area contributed by atoms with Gasteiger partial charge < -0.3 is 14.8 Å². The summed E-state index contributed by atoms with van der Waals surface area (Å²) in [6.07, 6.45) is -6.07. The maximum Gasteiger partial charge on any atom is 0.573 e. The summed E-state index contributed by atoms with van der Waals surface area (Å²) in [4.78, 5) is 37.8. The molecule has 0 radical (unpaired) electrons. The summed E-state index contributed by atoms with van der Waals surface area (Å²) in [6, 6.07) is 18.9. The van der Waals surface area contributed by atoms with Crippen molar-refractivity contribution < 1.29 is 37.0 Å². The smallest absolute Gasteiger partial charge is 0.449 e. The molecule has 0 aliphatic heterocycles. The summed E-state index contributed by atoms with van der Waals surface area (Å²) >= 11 is 0. The highest BCUT2D eigenvalue weighted by atomic mass is 19.4. The van der Waals surface area contributed by atoms with Gasteiger partial charge in [-0.1, -0.05) is 48.5 Å². The van der Waals surface area contributed by atoms with Gasteiger partial charge in [0.15, 0.2) is 11.9 Å². The first-order chi connectivity index (χ1) is 15.6. The Labute approximate surface area is 186 Å². The van der Waals surface area contributed by atoms with E-state index >= 15 is 0 Å². The van der Waals surface area contributed by atoms with Crippen LogP contribution >= 0.6 is 0 Å². The molecule has 1 unspecified atom stereocenters. The third-order valence-electron chi connectivity index (χ3n) is 4.44. The number of ether oxygens (including phenoxy) is 2. The van der Waals surface area contributed by atoms with Crippen LogP contribution in [-0.4, -0.2) is 30.1 Å². The van der Waals surface area contributed by atoms with Crippen LogP contribution < -0.4 is 10.1 Å². The van der Waals surface area contributed by atoms with Crippen molar-refractivity contribution in [1.29, 1.82) is 0 Å². The number of halogens is 3. The van der Waals surface area contributed by atoms with E-state index in [-0.39, 0.29) is 22.6 Å². The molecule has 0 aliphatic rings. The second-order valence-corrected chi connectivity index (χ2v) is 6.85. The first-order valence-corrected chi connectivity index (χ1v) is 9.70. The molecule has 33 heavy (non-hydrogen) atoms. The molecule has 0 saturated heterocycles. The fraction of sp³-hybridized carbons (Fsp3) is 0.125. The van der Waals surface area contributed by atoms with E-state index in [2.05, 4.69) is 10.1 Å². The Kier molecular flexibility index (Phi) is 7.12. The van der Waals surface area contributed by atoms with Gasteiger partial charge in [-0.15, -0.1) is 13.2 Å². The fourth-order valence-corrected chi connectivity index (χ4v) is 2.87. The Morgan fingerprint density at radius 1 is 0.818 bits per heavy atom.